The Morgan fingerprint density at radius 2 is 2.18 bits per heavy atom. The van der Waals surface area contributed by atoms with Gasteiger partial charge in [-0.2, -0.15) is 0 Å². The summed E-state index contributed by atoms with van der Waals surface area (Å²) in [4.78, 5) is 11.7. The highest BCUT2D eigenvalue weighted by molar-refractivity contribution is 9.10. The number of carbonyl (C=O) groups is 1. The van der Waals surface area contributed by atoms with Crippen molar-refractivity contribution in [1.29, 1.82) is 0 Å². The first-order chi connectivity index (χ1) is 8.10. The van der Waals surface area contributed by atoms with Gasteiger partial charge in [0.1, 0.15) is 6.04 Å². The second-order valence-electron chi connectivity index (χ2n) is 3.77. The molecule has 1 rings (SSSR count). The van der Waals surface area contributed by atoms with Gasteiger partial charge in [-0.05, 0) is 38.0 Å². The molecule has 1 atom stereocenters. The van der Waals surface area contributed by atoms with Crippen LogP contribution in [0.4, 0.5) is 5.69 Å². The average Bonchev–Trinajstić information content (AvgIpc) is 2.31. The Kier molecular flexibility index (Phi) is 5.48. The Morgan fingerprint density at radius 3 is 2.76 bits per heavy atom. The van der Waals surface area contributed by atoms with Crippen LogP contribution < -0.4 is 5.32 Å². The molecule has 0 amide bonds. The number of nitrogens with one attached hydrogen (secondary N) is 1. The Bertz CT molecular complexity index is 393. The van der Waals surface area contributed by atoms with Gasteiger partial charge in [0.25, 0.3) is 0 Å². The molecule has 3 nitrogen and oxygen atoms in total. The van der Waals surface area contributed by atoms with Gasteiger partial charge in [-0.3, -0.25) is 0 Å². The van der Waals surface area contributed by atoms with Crippen LogP contribution in [0, 0.1) is 6.92 Å². The molecule has 0 saturated heterocycles. The van der Waals surface area contributed by atoms with E-state index in [9.17, 15) is 4.79 Å². The molecule has 0 aliphatic carbocycles. The van der Waals surface area contributed by atoms with Crippen LogP contribution in [0.25, 0.3) is 0 Å². The second-order valence-corrected chi connectivity index (χ2v) is 4.62. The fourth-order valence-corrected chi connectivity index (χ4v) is 1.89. The maximum atomic E-state index is 11.7. The van der Waals surface area contributed by atoms with Crippen LogP contribution in [0.15, 0.2) is 22.7 Å². The maximum absolute atomic E-state index is 11.7. The third-order valence-electron chi connectivity index (χ3n) is 2.58. The summed E-state index contributed by atoms with van der Waals surface area (Å²) < 4.78 is 6.05. The van der Waals surface area contributed by atoms with Crippen molar-refractivity contribution in [1.82, 2.24) is 0 Å². The molecule has 0 aromatic heterocycles. The number of esters is 1. The Labute approximate surface area is 111 Å². The van der Waals surface area contributed by atoms with E-state index in [-0.39, 0.29) is 12.0 Å². The topological polar surface area (TPSA) is 38.3 Å². The fourth-order valence-electron chi connectivity index (χ4n) is 1.52. The number of rotatable bonds is 5. The number of benzene rings is 1. The molecular formula is C13H18BrNO2. The lowest BCUT2D eigenvalue weighted by Crippen LogP contribution is -2.31. The van der Waals surface area contributed by atoms with Gasteiger partial charge in [0, 0.05) is 10.2 Å². The summed E-state index contributed by atoms with van der Waals surface area (Å²) in [6.45, 7) is 6.19. The molecule has 0 bridgehead atoms. The van der Waals surface area contributed by atoms with E-state index in [4.69, 9.17) is 4.74 Å². The second kappa shape index (κ2) is 6.64. The molecule has 4 heteroatoms. The van der Waals surface area contributed by atoms with Gasteiger partial charge >= 0.3 is 5.97 Å². The molecule has 0 radical (unpaired) electrons. The summed E-state index contributed by atoms with van der Waals surface area (Å²) in [5.74, 6) is -0.200. The minimum absolute atomic E-state index is 0.200. The Balaban J connectivity index is 2.80. The largest absolute Gasteiger partial charge is 0.464 e. The van der Waals surface area contributed by atoms with Crippen LogP contribution in [0.5, 0.6) is 0 Å². The highest BCUT2D eigenvalue weighted by Crippen LogP contribution is 2.24. The van der Waals surface area contributed by atoms with Gasteiger partial charge in [-0.15, -0.1) is 0 Å². The van der Waals surface area contributed by atoms with Crippen molar-refractivity contribution in [3.8, 4) is 0 Å². The zero-order valence-electron chi connectivity index (χ0n) is 10.4. The molecule has 0 aliphatic heterocycles. The highest BCUT2D eigenvalue weighted by atomic mass is 79.9. The van der Waals surface area contributed by atoms with Gasteiger partial charge in [0.05, 0.1) is 6.61 Å². The summed E-state index contributed by atoms with van der Waals surface area (Å²) in [6.07, 6.45) is 0.699. The number of carbonyl (C=O) groups excluding carboxylic acids is 1. The molecule has 1 N–H and O–H groups in total. The third kappa shape index (κ3) is 3.73. The van der Waals surface area contributed by atoms with Gasteiger partial charge in [0.15, 0.2) is 0 Å². The summed E-state index contributed by atoms with van der Waals surface area (Å²) in [5, 5.41) is 3.22. The number of hydrogen-bond donors (Lipinski definition) is 1. The molecule has 94 valence electrons. The molecule has 0 heterocycles. The van der Waals surface area contributed by atoms with E-state index in [1.54, 1.807) is 0 Å². The Hall–Kier alpha value is -1.03. The normalized spacial score (nSPS) is 12.0. The van der Waals surface area contributed by atoms with E-state index in [1.165, 1.54) is 0 Å². The molecule has 1 aromatic carbocycles. The molecular weight excluding hydrogens is 282 g/mol. The van der Waals surface area contributed by atoms with E-state index < -0.39 is 0 Å². The average molecular weight is 300 g/mol. The lowest BCUT2D eigenvalue weighted by molar-refractivity contribution is -0.144. The zero-order chi connectivity index (χ0) is 12.8. The quantitative estimate of drug-likeness (QED) is 0.846. The fraction of sp³-hybridized carbons (Fsp3) is 0.462. The van der Waals surface area contributed by atoms with Crippen molar-refractivity contribution in [2.75, 3.05) is 11.9 Å². The van der Waals surface area contributed by atoms with Crippen LogP contribution >= 0.6 is 15.9 Å². The van der Waals surface area contributed by atoms with Crippen molar-refractivity contribution in [3.05, 3.63) is 28.2 Å². The smallest absolute Gasteiger partial charge is 0.328 e. The standard InChI is InChI=1S/C13H18BrNO2/c1-4-11(13(16)17-5-2)15-12-8-6-7-10(14)9(12)3/h6-8,11,15H,4-5H2,1-3H3. The summed E-state index contributed by atoms with van der Waals surface area (Å²) >= 11 is 3.47. The monoisotopic (exact) mass is 299 g/mol. The van der Waals surface area contributed by atoms with Crippen LogP contribution in [-0.2, 0) is 9.53 Å². The van der Waals surface area contributed by atoms with Crippen molar-refractivity contribution < 1.29 is 9.53 Å². The van der Waals surface area contributed by atoms with E-state index in [2.05, 4.69) is 21.2 Å². The van der Waals surface area contributed by atoms with Crippen molar-refractivity contribution in [2.24, 2.45) is 0 Å². The van der Waals surface area contributed by atoms with Gasteiger partial charge < -0.3 is 10.1 Å². The predicted molar refractivity (Wildman–Crippen MR) is 73.2 cm³/mol. The van der Waals surface area contributed by atoms with Crippen molar-refractivity contribution >= 4 is 27.6 Å². The molecule has 0 fully saturated rings. The summed E-state index contributed by atoms with van der Waals surface area (Å²) in [7, 11) is 0. The molecule has 0 spiro atoms. The first kappa shape index (κ1) is 14.0. The molecule has 1 aromatic rings. The van der Waals surface area contributed by atoms with E-state index in [1.807, 2.05) is 39.0 Å². The number of halogens is 1. The number of anilines is 1. The van der Waals surface area contributed by atoms with Crippen LogP contribution in [0.2, 0.25) is 0 Å². The maximum Gasteiger partial charge on any atom is 0.328 e. The Morgan fingerprint density at radius 1 is 1.47 bits per heavy atom. The lowest BCUT2D eigenvalue weighted by Gasteiger charge is -2.18. The molecule has 17 heavy (non-hydrogen) atoms. The zero-order valence-corrected chi connectivity index (χ0v) is 12.0. The third-order valence-corrected chi connectivity index (χ3v) is 3.44. The van der Waals surface area contributed by atoms with Crippen LogP contribution in [-0.4, -0.2) is 18.6 Å². The summed E-state index contributed by atoms with van der Waals surface area (Å²) in [6, 6.07) is 5.59. The SMILES string of the molecule is CCOC(=O)C(CC)Nc1cccc(Br)c1C. The van der Waals surface area contributed by atoms with E-state index in [0.29, 0.717) is 13.0 Å². The van der Waals surface area contributed by atoms with Crippen molar-refractivity contribution in [3.63, 3.8) is 0 Å². The minimum atomic E-state index is -0.289. The lowest BCUT2D eigenvalue weighted by atomic mass is 10.1. The van der Waals surface area contributed by atoms with E-state index in [0.717, 1.165) is 15.7 Å². The molecule has 0 aliphatic rings. The highest BCUT2D eigenvalue weighted by Gasteiger charge is 2.18. The van der Waals surface area contributed by atoms with Crippen LogP contribution in [0.1, 0.15) is 25.8 Å². The van der Waals surface area contributed by atoms with Gasteiger partial charge in [-0.1, -0.05) is 28.9 Å². The molecule has 0 saturated carbocycles. The minimum Gasteiger partial charge on any atom is -0.464 e. The summed E-state index contributed by atoms with van der Waals surface area (Å²) in [5.41, 5.74) is 2.05. The van der Waals surface area contributed by atoms with E-state index >= 15 is 0 Å². The first-order valence-corrected chi connectivity index (χ1v) is 6.57. The first-order valence-electron chi connectivity index (χ1n) is 5.78. The van der Waals surface area contributed by atoms with Crippen molar-refractivity contribution in [2.45, 2.75) is 33.2 Å². The van der Waals surface area contributed by atoms with Gasteiger partial charge in [0.2, 0.25) is 0 Å². The van der Waals surface area contributed by atoms with Gasteiger partial charge in [-0.25, -0.2) is 4.79 Å². The number of ether oxygens (including phenoxy) is 1. The molecule has 1 unspecified atom stereocenters. The number of hydrogen-bond acceptors (Lipinski definition) is 3. The van der Waals surface area contributed by atoms with Crippen LogP contribution in [0.3, 0.4) is 0 Å². The predicted octanol–water partition coefficient (Wildman–Crippen LogP) is 3.51.